The Kier molecular flexibility index (Phi) is 13.7. The first-order valence-electron chi connectivity index (χ1n) is 18.4. The molecule has 0 saturated heterocycles. The molecule has 1 aromatic rings. The van der Waals surface area contributed by atoms with Crippen LogP contribution in [0.4, 0.5) is 0 Å². The fourth-order valence-corrected chi connectivity index (χ4v) is 18.5. The van der Waals surface area contributed by atoms with Gasteiger partial charge in [0.25, 0.3) is 0 Å². The molecule has 0 heterocycles. The van der Waals surface area contributed by atoms with Crippen LogP contribution < -0.4 is 10.6 Å². The van der Waals surface area contributed by atoms with E-state index in [-0.39, 0.29) is 0 Å². The molecule has 0 spiro atoms. The van der Waals surface area contributed by atoms with Gasteiger partial charge in [-0.25, -0.2) is 0 Å². The minimum absolute atomic E-state index is 0.840. The summed E-state index contributed by atoms with van der Waals surface area (Å²) >= 11 is 0. The number of hydrogen-bond donors (Lipinski definition) is 2. The summed E-state index contributed by atoms with van der Waals surface area (Å²) in [4.78, 5) is 0. The fraction of sp³-hybridized carbons (Fsp3) is 0.833. The summed E-state index contributed by atoms with van der Waals surface area (Å²) in [6.07, 6.45) is 30.8. The average molecular weight is 606 g/mol. The van der Waals surface area contributed by atoms with Crippen LogP contribution in [0.1, 0.15) is 140 Å². The third-order valence-electron chi connectivity index (χ3n) is 12.1. The summed E-state index contributed by atoms with van der Waals surface area (Å²) in [6.45, 7) is 4.10. The molecule has 4 saturated carbocycles. The summed E-state index contributed by atoms with van der Waals surface area (Å²) in [5.41, 5.74) is 6.27. The van der Waals surface area contributed by atoms with Crippen LogP contribution in [-0.2, 0) is 13.1 Å². The van der Waals surface area contributed by atoms with E-state index in [9.17, 15) is 0 Å². The van der Waals surface area contributed by atoms with Gasteiger partial charge in [-0.15, -0.1) is 0 Å². The lowest BCUT2D eigenvalue weighted by Crippen LogP contribution is -2.33. The monoisotopic (exact) mass is 606 g/mol. The molecule has 4 aliphatic carbocycles. The second-order valence-corrected chi connectivity index (χ2v) is 22.5. The Balaban J connectivity index is 1.12. The van der Waals surface area contributed by atoms with E-state index in [0.29, 0.717) is 0 Å². The maximum Gasteiger partial charge on any atom is 0.365 e. The molecule has 0 amide bonds. The average Bonchev–Trinajstić information content (AvgIpc) is 3.07. The topological polar surface area (TPSA) is 24.1 Å². The van der Waals surface area contributed by atoms with E-state index in [1.165, 1.54) is 152 Å². The van der Waals surface area contributed by atoms with Crippen molar-refractivity contribution in [2.24, 2.45) is 0 Å². The van der Waals surface area contributed by atoms with Gasteiger partial charge < -0.3 is 10.6 Å². The maximum atomic E-state index is 7.53. The van der Waals surface area contributed by atoms with Crippen LogP contribution in [0.25, 0.3) is 0 Å². The Hall–Kier alpha value is 0.130. The molecule has 4 aliphatic rings. The first kappa shape index (κ1) is 33.5. The van der Waals surface area contributed by atoms with Crippen LogP contribution in [0.15, 0.2) is 24.3 Å². The van der Waals surface area contributed by atoms with E-state index in [1.54, 1.807) is 0 Å². The Morgan fingerprint density at radius 3 is 1.05 bits per heavy atom. The zero-order valence-electron chi connectivity index (χ0n) is 27.1. The molecule has 5 rings (SSSR count). The quantitative estimate of drug-likeness (QED) is 0.125. The third kappa shape index (κ3) is 8.89. The molecule has 2 N–H and O–H groups in total. The maximum absolute atomic E-state index is 7.53. The van der Waals surface area contributed by atoms with E-state index in [1.807, 2.05) is 0 Å². The largest absolute Gasteiger partial charge is 0.365 e. The third-order valence-corrected chi connectivity index (χ3v) is 21.6. The van der Waals surface area contributed by atoms with Gasteiger partial charge in [-0.1, -0.05) is 49.9 Å². The van der Waals surface area contributed by atoms with Crippen molar-refractivity contribution >= 4 is 29.4 Å². The van der Waals surface area contributed by atoms with Crippen molar-refractivity contribution in [3.05, 3.63) is 35.4 Å². The van der Waals surface area contributed by atoms with E-state index in [2.05, 4.69) is 34.9 Å². The van der Waals surface area contributed by atoms with Crippen molar-refractivity contribution in [2.45, 2.75) is 164 Å². The Bertz CT molecular complexity index is 796. The van der Waals surface area contributed by atoms with Gasteiger partial charge in [-0.2, -0.15) is 0 Å². The second kappa shape index (κ2) is 17.2. The minimum Gasteiger partial charge on any atom is -0.309 e. The summed E-state index contributed by atoms with van der Waals surface area (Å²) < 4.78 is 0. The fourth-order valence-electron chi connectivity index (χ4n) is 9.47. The molecule has 4 radical (unpaired) electrons. The van der Waals surface area contributed by atoms with E-state index in [0.717, 1.165) is 48.8 Å². The summed E-state index contributed by atoms with van der Waals surface area (Å²) in [5, 5.41) is 7.76. The molecule has 0 atom stereocenters. The van der Waals surface area contributed by atoms with Gasteiger partial charge in [0.05, 0.1) is 35.0 Å². The van der Waals surface area contributed by atoms with Crippen molar-refractivity contribution in [3.8, 4) is 0 Å². The summed E-state index contributed by atoms with van der Waals surface area (Å²) in [6, 6.07) is 9.10. The van der Waals surface area contributed by atoms with Gasteiger partial charge in [-0.3, -0.25) is 0 Å². The molecule has 1 aromatic carbocycles. The van der Waals surface area contributed by atoms with Gasteiger partial charge >= 0.3 is 15.1 Å². The van der Waals surface area contributed by atoms with Crippen LogP contribution >= 0.6 is 14.3 Å². The zero-order valence-corrected chi connectivity index (χ0v) is 28.8. The molecule has 42 heavy (non-hydrogen) atoms. The number of rotatable bonds is 14. The molecule has 4 fully saturated rings. The van der Waals surface area contributed by atoms with Crippen LogP contribution in [0, 0.1) is 0 Å². The van der Waals surface area contributed by atoms with Crippen LogP contribution in [0.3, 0.4) is 0 Å². The highest BCUT2D eigenvalue weighted by molar-refractivity contribution is 7.98. The molecular formula is C36H62B2N2P2+2. The highest BCUT2D eigenvalue weighted by atomic mass is 31.2. The molecule has 230 valence electrons. The van der Waals surface area contributed by atoms with Crippen LogP contribution in [0.2, 0.25) is 0 Å². The minimum atomic E-state index is -1.40. The number of nitrogens with one attached hydrogen (secondary N) is 2. The predicted molar refractivity (Wildman–Crippen MR) is 192 cm³/mol. The van der Waals surface area contributed by atoms with Crippen molar-refractivity contribution in [1.82, 2.24) is 10.6 Å². The lowest BCUT2D eigenvalue weighted by atomic mass is 9.99. The number of benzene rings is 1. The standard InChI is InChI=1S/C36H62B2N2P2/c37-41(33-17-5-1-6-18-33,34-19-7-2-8-20-34)27-25-39-29-31-15-13-14-16-32(31)30-40-26-28-42(38,35-21-9-3-10-22-35)36-23-11-4-12-24-36/h13-16,33-36,39-40H,1-12,17-30H2/q+2. The van der Waals surface area contributed by atoms with Crippen LogP contribution in [0.5, 0.6) is 0 Å². The first-order valence-corrected chi connectivity index (χ1v) is 22.8. The Morgan fingerprint density at radius 1 is 0.476 bits per heavy atom. The molecule has 2 nitrogen and oxygen atoms in total. The molecule has 0 unspecified atom stereocenters. The predicted octanol–water partition coefficient (Wildman–Crippen LogP) is 9.40. The highest BCUT2D eigenvalue weighted by Gasteiger charge is 2.48. The van der Waals surface area contributed by atoms with E-state index >= 15 is 0 Å². The zero-order chi connectivity index (χ0) is 29.1. The lowest BCUT2D eigenvalue weighted by Gasteiger charge is -2.42. The molecular weight excluding hydrogens is 544 g/mol. The van der Waals surface area contributed by atoms with Gasteiger partial charge in [-0.05, 0) is 128 Å². The van der Waals surface area contributed by atoms with E-state index < -0.39 is 14.3 Å². The lowest BCUT2D eigenvalue weighted by molar-refractivity contribution is 0.481. The second-order valence-electron chi connectivity index (χ2n) is 14.7. The normalized spacial score (nSPS) is 22.9. The van der Waals surface area contributed by atoms with Crippen molar-refractivity contribution in [1.29, 1.82) is 0 Å². The van der Waals surface area contributed by atoms with Crippen LogP contribution in [-0.4, -0.2) is 63.2 Å². The smallest absolute Gasteiger partial charge is 0.309 e. The molecule has 0 bridgehead atoms. The molecule has 0 aliphatic heterocycles. The van der Waals surface area contributed by atoms with Crippen molar-refractivity contribution < 1.29 is 0 Å². The summed E-state index contributed by atoms with van der Waals surface area (Å²) in [5.74, 6) is 0. The summed E-state index contributed by atoms with van der Waals surface area (Å²) in [7, 11) is 12.3. The molecule has 0 aromatic heterocycles. The van der Waals surface area contributed by atoms with Gasteiger partial charge in [0, 0.05) is 26.2 Å². The first-order chi connectivity index (χ1) is 20.6. The SMILES string of the molecule is [B][P+](CCNCc1ccccc1CNCC[P+]([B])(C1CCCCC1)C1CCCCC1)(C1CCCCC1)C1CCCCC1. The van der Waals surface area contributed by atoms with Gasteiger partial charge in [0.1, 0.15) is 0 Å². The van der Waals surface area contributed by atoms with Gasteiger partial charge in [0.2, 0.25) is 0 Å². The van der Waals surface area contributed by atoms with E-state index in [4.69, 9.17) is 15.1 Å². The molecule has 6 heteroatoms. The Morgan fingerprint density at radius 2 is 0.762 bits per heavy atom. The van der Waals surface area contributed by atoms with Crippen molar-refractivity contribution in [3.63, 3.8) is 0 Å². The highest BCUT2D eigenvalue weighted by Crippen LogP contribution is 2.69. The number of hydrogen-bond acceptors (Lipinski definition) is 2. The van der Waals surface area contributed by atoms with Crippen molar-refractivity contribution in [2.75, 3.05) is 25.4 Å². The Labute approximate surface area is 264 Å². The van der Waals surface area contributed by atoms with Gasteiger partial charge in [0.15, 0.2) is 0 Å².